The van der Waals surface area contributed by atoms with Crippen LogP contribution in [0.3, 0.4) is 0 Å². The predicted molar refractivity (Wildman–Crippen MR) is 139 cm³/mol. The Balaban J connectivity index is 1.42. The zero-order valence-electron chi connectivity index (χ0n) is 20.5. The van der Waals surface area contributed by atoms with E-state index in [1.165, 1.54) is 11.8 Å². The molecule has 0 saturated carbocycles. The Kier molecular flexibility index (Phi) is 9.01. The lowest BCUT2D eigenvalue weighted by Gasteiger charge is -2.26. The summed E-state index contributed by atoms with van der Waals surface area (Å²) in [6.45, 7) is 5.66. The first-order valence-electron chi connectivity index (χ1n) is 12.3. The van der Waals surface area contributed by atoms with Gasteiger partial charge in [-0.05, 0) is 42.3 Å². The Labute approximate surface area is 211 Å². The second-order valence-corrected chi connectivity index (χ2v) is 9.17. The lowest BCUT2D eigenvalue weighted by Crippen LogP contribution is -2.35. The Morgan fingerprint density at radius 3 is 2.36 bits per heavy atom. The van der Waals surface area contributed by atoms with Gasteiger partial charge in [0.2, 0.25) is 5.78 Å². The Bertz CT molecular complexity index is 1160. The molecule has 1 saturated heterocycles. The van der Waals surface area contributed by atoms with Crippen molar-refractivity contribution in [1.29, 1.82) is 0 Å². The largest absolute Gasteiger partial charge is 0.503 e. The van der Waals surface area contributed by atoms with Crippen LogP contribution < -0.4 is 5.32 Å². The van der Waals surface area contributed by atoms with E-state index in [0.717, 1.165) is 49.5 Å². The SMILES string of the molecule is CC(CF)NC(CC1=C(O)C(=O)CC=N1)c1ccc(C#Cc2ccc(CN3CCOCC3)cc2)cc1. The van der Waals surface area contributed by atoms with Crippen molar-refractivity contribution in [3.05, 3.63) is 82.2 Å². The number of nitrogens with zero attached hydrogens (tertiary/aromatic N) is 2. The summed E-state index contributed by atoms with van der Waals surface area (Å²) < 4.78 is 18.6. The van der Waals surface area contributed by atoms with Crippen LogP contribution >= 0.6 is 0 Å². The number of ketones is 1. The minimum absolute atomic E-state index is 0.0955. The van der Waals surface area contributed by atoms with Gasteiger partial charge in [0.05, 0.1) is 18.9 Å². The third-order valence-corrected chi connectivity index (χ3v) is 6.30. The van der Waals surface area contributed by atoms with Gasteiger partial charge in [0.1, 0.15) is 6.67 Å². The zero-order chi connectivity index (χ0) is 25.3. The number of benzene rings is 2. The fraction of sp³-hybridized carbons (Fsp3) is 0.379. The van der Waals surface area contributed by atoms with Crippen LogP contribution in [0.4, 0.5) is 4.39 Å². The minimum atomic E-state index is -0.529. The smallest absolute Gasteiger partial charge is 0.204 e. The number of allylic oxidation sites excluding steroid dienone is 1. The molecule has 2 atom stereocenters. The van der Waals surface area contributed by atoms with Crippen molar-refractivity contribution in [2.45, 2.75) is 38.4 Å². The second kappa shape index (κ2) is 12.6. The molecule has 188 valence electrons. The predicted octanol–water partition coefficient (Wildman–Crippen LogP) is 4.11. The summed E-state index contributed by atoms with van der Waals surface area (Å²) >= 11 is 0. The van der Waals surface area contributed by atoms with Crippen molar-refractivity contribution < 1.29 is 19.0 Å². The third-order valence-electron chi connectivity index (χ3n) is 6.30. The molecular weight excluding hydrogens is 457 g/mol. The van der Waals surface area contributed by atoms with Crippen LogP contribution in [0.25, 0.3) is 0 Å². The van der Waals surface area contributed by atoms with Crippen molar-refractivity contribution in [2.75, 3.05) is 33.0 Å². The lowest BCUT2D eigenvalue weighted by atomic mass is 9.98. The van der Waals surface area contributed by atoms with Crippen molar-refractivity contribution in [3.63, 3.8) is 0 Å². The summed E-state index contributed by atoms with van der Waals surface area (Å²) in [6, 6.07) is 15.3. The van der Waals surface area contributed by atoms with E-state index in [1.54, 1.807) is 6.92 Å². The molecule has 2 aromatic rings. The maximum atomic E-state index is 13.2. The Morgan fingerprint density at radius 1 is 1.08 bits per heavy atom. The monoisotopic (exact) mass is 489 g/mol. The summed E-state index contributed by atoms with van der Waals surface area (Å²) in [6.07, 6.45) is 1.87. The topological polar surface area (TPSA) is 74.2 Å². The molecule has 36 heavy (non-hydrogen) atoms. The molecule has 0 spiro atoms. The number of hydrogen-bond donors (Lipinski definition) is 2. The molecule has 6 nitrogen and oxygen atoms in total. The van der Waals surface area contributed by atoms with Gasteiger partial charge in [-0.15, -0.1) is 0 Å². The molecule has 0 bridgehead atoms. The fourth-order valence-corrected chi connectivity index (χ4v) is 4.22. The highest BCUT2D eigenvalue weighted by molar-refractivity contribution is 6.03. The number of carbonyl (C=O) groups excluding carboxylic acids is 1. The highest BCUT2D eigenvalue weighted by atomic mass is 19.1. The molecule has 0 aliphatic carbocycles. The van der Waals surface area contributed by atoms with Gasteiger partial charge >= 0.3 is 0 Å². The second-order valence-electron chi connectivity index (χ2n) is 9.17. The van der Waals surface area contributed by atoms with Gasteiger partial charge in [0.25, 0.3) is 0 Å². The van der Waals surface area contributed by atoms with Gasteiger partial charge in [-0.3, -0.25) is 14.7 Å². The summed E-state index contributed by atoms with van der Waals surface area (Å²) in [4.78, 5) is 18.4. The number of aliphatic imine (C=N–C) groups is 1. The van der Waals surface area contributed by atoms with Crippen LogP contribution in [0.15, 0.2) is 65.0 Å². The number of ether oxygens (including phenoxy) is 1. The van der Waals surface area contributed by atoms with Crippen LogP contribution in [0.5, 0.6) is 0 Å². The first kappa shape index (κ1) is 25.8. The molecule has 2 heterocycles. The van der Waals surface area contributed by atoms with Crippen LogP contribution in [-0.4, -0.2) is 61.0 Å². The van der Waals surface area contributed by atoms with Crippen LogP contribution in [0, 0.1) is 11.8 Å². The molecule has 7 heteroatoms. The van der Waals surface area contributed by atoms with E-state index >= 15 is 0 Å². The number of morpholine rings is 1. The van der Waals surface area contributed by atoms with E-state index < -0.39 is 6.67 Å². The van der Waals surface area contributed by atoms with Gasteiger partial charge in [0, 0.05) is 61.9 Å². The maximum Gasteiger partial charge on any atom is 0.204 e. The molecular formula is C29H32FN3O3. The van der Waals surface area contributed by atoms with E-state index in [2.05, 4.69) is 39.2 Å². The van der Waals surface area contributed by atoms with Crippen LogP contribution in [-0.2, 0) is 16.1 Å². The molecule has 2 aliphatic rings. The van der Waals surface area contributed by atoms with Crippen molar-refractivity contribution >= 4 is 12.0 Å². The summed E-state index contributed by atoms with van der Waals surface area (Å²) in [7, 11) is 0. The van der Waals surface area contributed by atoms with Gasteiger partial charge < -0.3 is 15.2 Å². The van der Waals surface area contributed by atoms with E-state index in [1.807, 2.05) is 36.4 Å². The van der Waals surface area contributed by atoms with Gasteiger partial charge in [-0.25, -0.2) is 4.39 Å². The number of Topliss-reactive ketones (excluding diaryl/α,β-unsaturated/α-hetero) is 1. The minimum Gasteiger partial charge on any atom is -0.503 e. The van der Waals surface area contributed by atoms with Crippen molar-refractivity contribution in [2.24, 2.45) is 4.99 Å². The number of aliphatic hydroxyl groups is 1. The number of rotatable bonds is 8. The fourth-order valence-electron chi connectivity index (χ4n) is 4.22. The molecule has 2 unspecified atom stereocenters. The molecule has 2 N–H and O–H groups in total. The lowest BCUT2D eigenvalue weighted by molar-refractivity contribution is -0.117. The maximum absolute atomic E-state index is 13.2. The number of hydrogen-bond acceptors (Lipinski definition) is 6. The summed E-state index contributed by atoms with van der Waals surface area (Å²) in [5.74, 6) is 5.75. The van der Waals surface area contributed by atoms with E-state index in [4.69, 9.17) is 4.74 Å². The van der Waals surface area contributed by atoms with Crippen LogP contribution in [0.1, 0.15) is 48.1 Å². The number of alkyl halides is 1. The molecule has 2 aromatic carbocycles. The first-order valence-corrected chi connectivity index (χ1v) is 12.3. The van der Waals surface area contributed by atoms with E-state index in [9.17, 15) is 14.3 Å². The number of aliphatic hydroxyl groups excluding tert-OH is 1. The quantitative estimate of drug-likeness (QED) is 0.546. The van der Waals surface area contributed by atoms with Crippen molar-refractivity contribution in [3.8, 4) is 11.8 Å². The van der Waals surface area contributed by atoms with Gasteiger partial charge in [0.15, 0.2) is 5.76 Å². The normalized spacial score (nSPS) is 18.0. The molecule has 0 amide bonds. The average Bonchev–Trinajstić information content (AvgIpc) is 2.91. The average molecular weight is 490 g/mol. The van der Waals surface area contributed by atoms with Crippen LogP contribution in [0.2, 0.25) is 0 Å². The highest BCUT2D eigenvalue weighted by Crippen LogP contribution is 2.26. The third kappa shape index (κ3) is 7.11. The first-order chi connectivity index (χ1) is 17.5. The molecule has 0 radical (unpaired) electrons. The van der Waals surface area contributed by atoms with E-state index in [0.29, 0.717) is 5.70 Å². The molecule has 1 fully saturated rings. The van der Waals surface area contributed by atoms with E-state index in [-0.39, 0.29) is 36.5 Å². The zero-order valence-corrected chi connectivity index (χ0v) is 20.5. The number of nitrogens with one attached hydrogen (secondary N) is 1. The summed E-state index contributed by atoms with van der Waals surface area (Å²) in [5.41, 5.74) is 4.29. The number of halogens is 1. The Morgan fingerprint density at radius 2 is 1.72 bits per heavy atom. The van der Waals surface area contributed by atoms with Crippen molar-refractivity contribution in [1.82, 2.24) is 10.2 Å². The van der Waals surface area contributed by atoms with Gasteiger partial charge in [-0.1, -0.05) is 36.1 Å². The molecule has 4 rings (SSSR count). The molecule has 0 aromatic heterocycles. The molecule has 2 aliphatic heterocycles. The standard InChI is InChI=1S/C29H32FN3O3/c1-21(19-30)32-26(18-27-29(35)28(34)12-13-31-27)25-10-8-23(9-11-25)3-2-22-4-6-24(7-5-22)20-33-14-16-36-17-15-33/h4-11,13,21,26,32,35H,12,14-20H2,1H3. The summed E-state index contributed by atoms with van der Waals surface area (Å²) in [5, 5.41) is 13.4. The van der Waals surface area contributed by atoms with Gasteiger partial charge in [-0.2, -0.15) is 0 Å². The highest BCUT2D eigenvalue weighted by Gasteiger charge is 2.22. The number of carbonyl (C=O) groups is 1. The Hall–Kier alpha value is -3.31.